The lowest BCUT2D eigenvalue weighted by atomic mass is 9.75. The summed E-state index contributed by atoms with van der Waals surface area (Å²) in [6.45, 7) is 1.95. The summed E-state index contributed by atoms with van der Waals surface area (Å²) in [5.74, 6) is 0.299. The van der Waals surface area contributed by atoms with E-state index in [0.717, 1.165) is 19.5 Å². The molecule has 0 aromatic rings. The minimum atomic E-state index is 0.240. The maximum Gasteiger partial charge on any atom is 0.223 e. The quantitative estimate of drug-likeness (QED) is 0.819. The van der Waals surface area contributed by atoms with E-state index in [1.807, 2.05) is 11.9 Å². The number of hydrogen-bond acceptors (Lipinski definition) is 3. The maximum absolute atomic E-state index is 12.3. The van der Waals surface area contributed by atoms with E-state index in [2.05, 4.69) is 24.3 Å². The molecule has 1 unspecified atom stereocenters. The Morgan fingerprint density at radius 3 is 2.42 bits per heavy atom. The van der Waals surface area contributed by atoms with E-state index in [0.29, 0.717) is 18.4 Å². The van der Waals surface area contributed by atoms with Crippen LogP contribution in [0.5, 0.6) is 0 Å². The molecule has 1 saturated carbocycles. The average molecular weight is 267 g/mol. The van der Waals surface area contributed by atoms with Crippen molar-refractivity contribution >= 4 is 5.91 Å². The monoisotopic (exact) mass is 267 g/mol. The third kappa shape index (κ3) is 3.48. The Morgan fingerprint density at radius 2 is 1.95 bits per heavy atom. The van der Waals surface area contributed by atoms with E-state index in [1.54, 1.807) is 0 Å². The summed E-state index contributed by atoms with van der Waals surface area (Å²) in [6.07, 6.45) is 8.07. The van der Waals surface area contributed by atoms with Crippen molar-refractivity contribution in [2.75, 3.05) is 34.2 Å². The van der Waals surface area contributed by atoms with Crippen LogP contribution in [0.3, 0.4) is 0 Å². The van der Waals surface area contributed by atoms with Gasteiger partial charge in [0.1, 0.15) is 0 Å². The minimum Gasteiger partial charge on any atom is -0.344 e. The SMILES string of the molecule is CN(CC1(N(C)C)CCC1)C(=O)CC1CCCCN1. The Bertz CT molecular complexity index is 307. The normalized spacial score (nSPS) is 26.0. The zero-order chi connectivity index (χ0) is 13.9. The largest absolute Gasteiger partial charge is 0.344 e. The van der Waals surface area contributed by atoms with E-state index in [-0.39, 0.29) is 5.54 Å². The number of likely N-dealkylation sites (N-methyl/N-ethyl adjacent to an activating group) is 2. The van der Waals surface area contributed by atoms with Gasteiger partial charge in [0, 0.05) is 31.6 Å². The van der Waals surface area contributed by atoms with Crippen molar-refractivity contribution < 1.29 is 4.79 Å². The van der Waals surface area contributed by atoms with Gasteiger partial charge in [0.2, 0.25) is 5.91 Å². The van der Waals surface area contributed by atoms with Gasteiger partial charge in [0.15, 0.2) is 0 Å². The summed E-state index contributed by atoms with van der Waals surface area (Å²) >= 11 is 0. The fourth-order valence-electron chi connectivity index (χ4n) is 3.33. The molecule has 1 aliphatic heterocycles. The predicted octanol–water partition coefficient (Wildman–Crippen LogP) is 1.46. The molecular weight excluding hydrogens is 238 g/mol. The first-order chi connectivity index (χ1) is 9.03. The average Bonchev–Trinajstić information content (AvgIpc) is 2.34. The van der Waals surface area contributed by atoms with Crippen LogP contribution in [0.25, 0.3) is 0 Å². The molecule has 1 saturated heterocycles. The lowest BCUT2D eigenvalue weighted by molar-refractivity contribution is -0.133. The standard InChI is InChI=1S/C15H29N3O/c1-17(2)15(8-6-9-15)12-18(3)14(19)11-13-7-4-5-10-16-13/h13,16H,4-12H2,1-3H3. The zero-order valence-corrected chi connectivity index (χ0v) is 12.7. The highest BCUT2D eigenvalue weighted by Gasteiger charge is 2.40. The molecule has 2 fully saturated rings. The van der Waals surface area contributed by atoms with Crippen LogP contribution in [0.1, 0.15) is 44.9 Å². The van der Waals surface area contributed by atoms with Gasteiger partial charge in [0.05, 0.1) is 0 Å². The molecule has 1 heterocycles. The first-order valence-corrected chi connectivity index (χ1v) is 7.68. The molecule has 0 aromatic heterocycles. The first-order valence-electron chi connectivity index (χ1n) is 7.68. The van der Waals surface area contributed by atoms with Crippen LogP contribution < -0.4 is 5.32 Å². The molecule has 0 bridgehead atoms. The Kier molecular flexibility index (Phi) is 4.85. The second-order valence-electron chi connectivity index (χ2n) is 6.57. The maximum atomic E-state index is 12.3. The van der Waals surface area contributed by atoms with Gasteiger partial charge in [0.25, 0.3) is 0 Å². The van der Waals surface area contributed by atoms with Crippen LogP contribution in [-0.4, -0.2) is 61.5 Å². The van der Waals surface area contributed by atoms with Gasteiger partial charge < -0.3 is 15.1 Å². The minimum absolute atomic E-state index is 0.240. The number of carbonyl (C=O) groups excluding carboxylic acids is 1. The highest BCUT2D eigenvalue weighted by atomic mass is 16.2. The molecule has 1 atom stereocenters. The van der Waals surface area contributed by atoms with Gasteiger partial charge >= 0.3 is 0 Å². The smallest absolute Gasteiger partial charge is 0.223 e. The second-order valence-corrected chi connectivity index (χ2v) is 6.57. The molecule has 1 amide bonds. The van der Waals surface area contributed by atoms with Gasteiger partial charge in [-0.2, -0.15) is 0 Å². The Labute approximate surface area is 117 Å². The van der Waals surface area contributed by atoms with Crippen molar-refractivity contribution in [1.29, 1.82) is 0 Å². The van der Waals surface area contributed by atoms with Crippen LogP contribution in [0.15, 0.2) is 0 Å². The Balaban J connectivity index is 1.81. The van der Waals surface area contributed by atoms with Crippen molar-refractivity contribution in [2.45, 2.75) is 56.5 Å². The van der Waals surface area contributed by atoms with Crippen LogP contribution in [-0.2, 0) is 4.79 Å². The lowest BCUT2D eigenvalue weighted by Crippen LogP contribution is -2.57. The summed E-state index contributed by atoms with van der Waals surface area (Å²) < 4.78 is 0. The lowest BCUT2D eigenvalue weighted by Gasteiger charge is -2.49. The number of rotatable bonds is 5. The Morgan fingerprint density at radius 1 is 1.21 bits per heavy atom. The van der Waals surface area contributed by atoms with Gasteiger partial charge in [-0.3, -0.25) is 4.79 Å². The number of nitrogens with zero attached hydrogens (tertiary/aromatic N) is 2. The summed E-state index contributed by atoms with van der Waals surface area (Å²) in [7, 11) is 6.25. The van der Waals surface area contributed by atoms with Crippen LogP contribution in [0.4, 0.5) is 0 Å². The van der Waals surface area contributed by atoms with Crippen molar-refractivity contribution in [3.63, 3.8) is 0 Å². The van der Waals surface area contributed by atoms with E-state index >= 15 is 0 Å². The van der Waals surface area contributed by atoms with E-state index in [4.69, 9.17) is 0 Å². The summed E-state index contributed by atoms with van der Waals surface area (Å²) in [5, 5.41) is 3.46. The summed E-state index contributed by atoms with van der Waals surface area (Å²) in [4.78, 5) is 16.6. The van der Waals surface area contributed by atoms with Crippen molar-refractivity contribution in [3.8, 4) is 0 Å². The highest BCUT2D eigenvalue weighted by Crippen LogP contribution is 2.36. The number of carbonyl (C=O) groups is 1. The van der Waals surface area contributed by atoms with Crippen LogP contribution >= 0.6 is 0 Å². The van der Waals surface area contributed by atoms with Gasteiger partial charge in [-0.05, 0) is 52.7 Å². The van der Waals surface area contributed by atoms with Gasteiger partial charge in [-0.25, -0.2) is 0 Å². The molecule has 2 rings (SSSR count). The molecule has 0 radical (unpaired) electrons. The first kappa shape index (κ1) is 14.8. The third-order valence-corrected chi connectivity index (χ3v) is 5.02. The fourth-order valence-corrected chi connectivity index (χ4v) is 3.33. The van der Waals surface area contributed by atoms with Gasteiger partial charge in [-0.1, -0.05) is 6.42 Å². The molecule has 1 N–H and O–H groups in total. The molecule has 0 spiro atoms. The number of hydrogen-bond donors (Lipinski definition) is 1. The molecule has 2 aliphatic rings. The topological polar surface area (TPSA) is 35.6 Å². The van der Waals surface area contributed by atoms with Crippen molar-refractivity contribution in [2.24, 2.45) is 0 Å². The van der Waals surface area contributed by atoms with E-state index in [9.17, 15) is 4.79 Å². The molecule has 19 heavy (non-hydrogen) atoms. The van der Waals surface area contributed by atoms with Gasteiger partial charge in [-0.15, -0.1) is 0 Å². The predicted molar refractivity (Wildman–Crippen MR) is 78.2 cm³/mol. The van der Waals surface area contributed by atoms with Crippen LogP contribution in [0.2, 0.25) is 0 Å². The van der Waals surface area contributed by atoms with Crippen LogP contribution in [0, 0.1) is 0 Å². The number of amides is 1. The van der Waals surface area contributed by atoms with E-state index < -0.39 is 0 Å². The molecule has 110 valence electrons. The molecule has 0 aromatic carbocycles. The second kappa shape index (κ2) is 6.23. The van der Waals surface area contributed by atoms with Crippen molar-refractivity contribution in [3.05, 3.63) is 0 Å². The zero-order valence-electron chi connectivity index (χ0n) is 12.7. The highest BCUT2D eigenvalue weighted by molar-refractivity contribution is 5.76. The number of nitrogens with one attached hydrogen (secondary N) is 1. The Hall–Kier alpha value is -0.610. The fraction of sp³-hybridized carbons (Fsp3) is 0.933. The van der Waals surface area contributed by atoms with E-state index in [1.165, 1.54) is 32.1 Å². The van der Waals surface area contributed by atoms with Crippen molar-refractivity contribution in [1.82, 2.24) is 15.1 Å². The molecule has 4 heteroatoms. The third-order valence-electron chi connectivity index (χ3n) is 5.02. The molecular formula is C15H29N3O. The molecule has 4 nitrogen and oxygen atoms in total. The molecule has 1 aliphatic carbocycles. The summed E-state index contributed by atoms with van der Waals surface area (Å²) in [6, 6.07) is 0.403. The summed E-state index contributed by atoms with van der Waals surface area (Å²) in [5.41, 5.74) is 0.240. The number of piperidine rings is 1.